The van der Waals surface area contributed by atoms with E-state index in [-0.39, 0.29) is 24.3 Å². The lowest BCUT2D eigenvalue weighted by atomic mass is 10.0. The minimum Gasteiger partial charge on any atom is -0.345 e. The highest BCUT2D eigenvalue weighted by Crippen LogP contribution is 2.20. The average Bonchev–Trinajstić information content (AvgIpc) is 2.85. The van der Waals surface area contributed by atoms with Gasteiger partial charge in [-0.25, -0.2) is 0 Å². The van der Waals surface area contributed by atoms with Crippen LogP contribution in [-0.2, 0) is 11.3 Å². The number of amides is 2. The van der Waals surface area contributed by atoms with Crippen molar-refractivity contribution in [2.75, 3.05) is 26.2 Å². The molecule has 32 heavy (non-hydrogen) atoms. The minimum absolute atomic E-state index is 0.0755. The highest BCUT2D eigenvalue weighted by Gasteiger charge is 2.25. The van der Waals surface area contributed by atoms with Gasteiger partial charge in [0.15, 0.2) is 0 Å². The molecule has 1 N–H and O–H groups in total. The van der Waals surface area contributed by atoms with Crippen LogP contribution in [0.3, 0.4) is 0 Å². The zero-order chi connectivity index (χ0) is 22.2. The molecule has 1 aliphatic rings. The second kappa shape index (κ2) is 10.7. The maximum Gasteiger partial charge on any atom is 0.251 e. The maximum absolute atomic E-state index is 13.1. The molecule has 4 rings (SSSR count). The molecular formula is C27H29N3O2. The number of nitrogens with zero attached hydrogens (tertiary/aromatic N) is 2. The second-order valence-corrected chi connectivity index (χ2v) is 8.15. The zero-order valence-corrected chi connectivity index (χ0v) is 18.2. The molecule has 1 unspecified atom stereocenters. The fraction of sp³-hybridized carbons (Fsp3) is 0.259. The summed E-state index contributed by atoms with van der Waals surface area (Å²) in [6.45, 7) is 4.03. The number of carbonyl (C=O) groups excluding carboxylic acids is 2. The van der Waals surface area contributed by atoms with Crippen molar-refractivity contribution in [1.29, 1.82) is 0 Å². The molecule has 0 aromatic heterocycles. The Labute approximate surface area is 189 Å². The van der Waals surface area contributed by atoms with Gasteiger partial charge in [0.05, 0.1) is 12.5 Å². The predicted octanol–water partition coefficient (Wildman–Crippen LogP) is 3.89. The van der Waals surface area contributed by atoms with Gasteiger partial charge in [0.2, 0.25) is 5.91 Å². The smallest absolute Gasteiger partial charge is 0.251 e. The van der Waals surface area contributed by atoms with E-state index in [9.17, 15) is 9.59 Å². The minimum atomic E-state index is -0.362. The Kier molecular flexibility index (Phi) is 7.31. The summed E-state index contributed by atoms with van der Waals surface area (Å²) in [4.78, 5) is 30.2. The van der Waals surface area contributed by atoms with E-state index in [1.54, 1.807) is 12.1 Å². The Bertz CT molecular complexity index is 1000. The summed E-state index contributed by atoms with van der Waals surface area (Å²) in [5, 5.41) is 3.06. The average molecular weight is 428 g/mol. The highest BCUT2D eigenvalue weighted by atomic mass is 16.2. The maximum atomic E-state index is 13.1. The van der Waals surface area contributed by atoms with Gasteiger partial charge >= 0.3 is 0 Å². The molecule has 1 atom stereocenters. The van der Waals surface area contributed by atoms with Gasteiger partial charge in [-0.3, -0.25) is 14.5 Å². The van der Waals surface area contributed by atoms with E-state index in [1.165, 1.54) is 5.56 Å². The predicted molar refractivity (Wildman–Crippen MR) is 126 cm³/mol. The number of benzene rings is 3. The van der Waals surface area contributed by atoms with Crippen molar-refractivity contribution in [3.05, 3.63) is 108 Å². The third-order valence-corrected chi connectivity index (χ3v) is 5.90. The van der Waals surface area contributed by atoms with Crippen molar-refractivity contribution in [3.8, 4) is 0 Å². The standard InChI is InChI=1S/C27H29N3O2/c31-26(30-18-16-29(17-19-30)21-22-10-4-1-5-11-22)20-25(23-12-6-2-7-13-23)28-27(32)24-14-8-3-9-15-24/h1-15,25H,16-21H2,(H,28,32). The molecule has 5 heteroatoms. The molecule has 0 saturated carbocycles. The van der Waals surface area contributed by atoms with Crippen LogP contribution in [0.5, 0.6) is 0 Å². The number of piperazine rings is 1. The second-order valence-electron chi connectivity index (χ2n) is 8.15. The third-order valence-electron chi connectivity index (χ3n) is 5.90. The molecule has 164 valence electrons. The lowest BCUT2D eigenvalue weighted by Crippen LogP contribution is -2.49. The van der Waals surface area contributed by atoms with Crippen LogP contribution < -0.4 is 5.32 Å². The van der Waals surface area contributed by atoms with Crippen molar-refractivity contribution in [2.24, 2.45) is 0 Å². The van der Waals surface area contributed by atoms with Crippen LogP contribution in [-0.4, -0.2) is 47.8 Å². The fourth-order valence-electron chi connectivity index (χ4n) is 4.07. The SMILES string of the molecule is O=C(NC(CC(=O)N1CCN(Cc2ccccc2)CC1)c1ccccc1)c1ccccc1. The van der Waals surface area contributed by atoms with Crippen LogP contribution in [0, 0.1) is 0 Å². The van der Waals surface area contributed by atoms with E-state index in [2.05, 4.69) is 34.5 Å². The molecule has 3 aromatic carbocycles. The molecule has 1 heterocycles. The number of nitrogens with one attached hydrogen (secondary N) is 1. The van der Waals surface area contributed by atoms with Crippen LogP contribution in [0.15, 0.2) is 91.0 Å². The molecule has 5 nitrogen and oxygen atoms in total. The quantitative estimate of drug-likeness (QED) is 0.622. The Balaban J connectivity index is 1.37. The van der Waals surface area contributed by atoms with E-state index in [1.807, 2.05) is 59.5 Å². The largest absolute Gasteiger partial charge is 0.345 e. The molecule has 0 aliphatic carbocycles. The Morgan fingerprint density at radius 1 is 0.750 bits per heavy atom. The molecular weight excluding hydrogens is 398 g/mol. The van der Waals surface area contributed by atoms with Gasteiger partial charge in [0.1, 0.15) is 0 Å². The van der Waals surface area contributed by atoms with Crippen LogP contribution >= 0.6 is 0 Å². The molecule has 1 saturated heterocycles. The molecule has 1 fully saturated rings. The van der Waals surface area contributed by atoms with Crippen molar-refractivity contribution >= 4 is 11.8 Å². The van der Waals surface area contributed by atoms with Crippen LogP contribution in [0.1, 0.15) is 33.9 Å². The fourth-order valence-corrected chi connectivity index (χ4v) is 4.07. The summed E-state index contributed by atoms with van der Waals surface area (Å²) in [7, 11) is 0. The molecule has 0 bridgehead atoms. The molecule has 3 aromatic rings. The van der Waals surface area contributed by atoms with Gasteiger partial charge in [-0.2, -0.15) is 0 Å². The first-order valence-corrected chi connectivity index (χ1v) is 11.1. The zero-order valence-electron chi connectivity index (χ0n) is 18.2. The van der Waals surface area contributed by atoms with Crippen molar-refractivity contribution in [3.63, 3.8) is 0 Å². The van der Waals surface area contributed by atoms with E-state index in [0.29, 0.717) is 18.7 Å². The van der Waals surface area contributed by atoms with Crippen LogP contribution in [0.25, 0.3) is 0 Å². The van der Waals surface area contributed by atoms with E-state index >= 15 is 0 Å². The van der Waals surface area contributed by atoms with E-state index in [4.69, 9.17) is 0 Å². The Morgan fingerprint density at radius 2 is 1.31 bits per heavy atom. The van der Waals surface area contributed by atoms with Crippen molar-refractivity contribution in [1.82, 2.24) is 15.1 Å². The number of hydrogen-bond acceptors (Lipinski definition) is 3. The summed E-state index contributed by atoms with van der Waals surface area (Å²) >= 11 is 0. The van der Waals surface area contributed by atoms with E-state index < -0.39 is 0 Å². The summed E-state index contributed by atoms with van der Waals surface area (Å²) in [5.74, 6) is -0.0912. The van der Waals surface area contributed by atoms with Gasteiger partial charge in [-0.05, 0) is 23.3 Å². The number of rotatable bonds is 7. The normalized spacial score (nSPS) is 15.2. The monoisotopic (exact) mass is 427 g/mol. The topological polar surface area (TPSA) is 52.7 Å². The van der Waals surface area contributed by atoms with Gasteiger partial charge in [-0.1, -0.05) is 78.9 Å². The number of carbonyl (C=O) groups is 2. The molecule has 0 spiro atoms. The Morgan fingerprint density at radius 3 is 1.94 bits per heavy atom. The van der Waals surface area contributed by atoms with Crippen molar-refractivity contribution in [2.45, 2.75) is 19.0 Å². The van der Waals surface area contributed by atoms with Crippen LogP contribution in [0.4, 0.5) is 0 Å². The van der Waals surface area contributed by atoms with Crippen LogP contribution in [0.2, 0.25) is 0 Å². The van der Waals surface area contributed by atoms with Gasteiger partial charge in [0.25, 0.3) is 5.91 Å². The first-order chi connectivity index (χ1) is 15.7. The molecule has 0 radical (unpaired) electrons. The lowest BCUT2D eigenvalue weighted by molar-refractivity contribution is -0.133. The van der Waals surface area contributed by atoms with Gasteiger partial charge in [0, 0.05) is 38.3 Å². The summed E-state index contributed by atoms with van der Waals surface area (Å²) in [5.41, 5.74) is 2.82. The van der Waals surface area contributed by atoms with Gasteiger partial charge in [-0.15, -0.1) is 0 Å². The first-order valence-electron chi connectivity index (χ1n) is 11.1. The van der Waals surface area contributed by atoms with E-state index in [0.717, 1.165) is 25.2 Å². The number of hydrogen-bond donors (Lipinski definition) is 1. The Hall–Kier alpha value is -3.44. The summed E-state index contributed by atoms with van der Waals surface area (Å²) in [6, 6.07) is 28.9. The highest BCUT2D eigenvalue weighted by molar-refractivity contribution is 5.94. The third kappa shape index (κ3) is 5.83. The van der Waals surface area contributed by atoms with Gasteiger partial charge < -0.3 is 10.2 Å². The summed E-state index contributed by atoms with van der Waals surface area (Å²) in [6.07, 6.45) is 0.251. The molecule has 2 amide bonds. The molecule has 1 aliphatic heterocycles. The first kappa shape index (κ1) is 21.8. The van der Waals surface area contributed by atoms with Crippen molar-refractivity contribution < 1.29 is 9.59 Å². The summed E-state index contributed by atoms with van der Waals surface area (Å²) < 4.78 is 0. The lowest BCUT2D eigenvalue weighted by Gasteiger charge is -2.35.